The normalized spacial score (nSPS) is 20.5. The van der Waals surface area contributed by atoms with Crippen molar-refractivity contribution >= 4 is 11.8 Å². The van der Waals surface area contributed by atoms with Gasteiger partial charge in [0, 0.05) is 12.8 Å². The molecular weight excluding hydrogens is 763 g/mol. The van der Waals surface area contributed by atoms with Gasteiger partial charge in [-0.05, 0) is 92.7 Å². The summed E-state index contributed by atoms with van der Waals surface area (Å²) in [6.45, 7) is 0. The number of fused-ring (bicyclic) bond motifs is 6. The number of hydrogen-bond acceptors (Lipinski definition) is 4. The van der Waals surface area contributed by atoms with Crippen molar-refractivity contribution < 1.29 is 35.8 Å². The van der Waals surface area contributed by atoms with Crippen LogP contribution in [0.1, 0.15) is 56.6 Å². The van der Waals surface area contributed by atoms with E-state index in [4.69, 9.17) is 19.5 Å². The summed E-state index contributed by atoms with van der Waals surface area (Å²) in [5, 5.41) is 0. The zero-order valence-electron chi connectivity index (χ0n) is 31.5. The molecule has 0 unspecified atom stereocenters. The van der Waals surface area contributed by atoms with Crippen LogP contribution in [0.2, 0.25) is 0 Å². The Morgan fingerprint density at radius 3 is 1.14 bits per heavy atom. The van der Waals surface area contributed by atoms with Crippen molar-refractivity contribution in [1.29, 1.82) is 0 Å². The van der Waals surface area contributed by atoms with Crippen molar-refractivity contribution in [2.45, 2.75) is 62.3 Å². The Morgan fingerprint density at radius 2 is 0.780 bits per heavy atom. The molecule has 4 atom stereocenters. The first-order chi connectivity index (χ1) is 28.4. The molecule has 0 saturated carbocycles. The summed E-state index contributed by atoms with van der Waals surface area (Å²) in [5.41, 5.74) is 6.96. The van der Waals surface area contributed by atoms with Gasteiger partial charge >= 0.3 is 12.4 Å². The average Bonchev–Trinajstić information content (AvgIpc) is 4.01. The molecule has 0 saturated heterocycles. The lowest BCUT2D eigenvalue weighted by molar-refractivity contribution is -0.138. The number of alkyl halides is 6. The zero-order chi connectivity index (χ0) is 40.5. The molecule has 6 aromatic carbocycles. The second-order valence-corrected chi connectivity index (χ2v) is 15.9. The lowest BCUT2D eigenvalue weighted by Gasteiger charge is -2.34. The Balaban J connectivity index is 1.06. The molecule has 0 fully saturated rings. The molecule has 2 aliphatic heterocycles. The molecule has 0 bridgehead atoms. The Morgan fingerprint density at radius 1 is 0.441 bits per heavy atom. The molecule has 10 heteroatoms. The second-order valence-electron chi connectivity index (χ2n) is 15.9. The quantitative estimate of drug-likeness (QED) is 0.144. The lowest BCUT2D eigenvalue weighted by atomic mass is 9.75. The zero-order valence-corrected chi connectivity index (χ0v) is 31.5. The van der Waals surface area contributed by atoms with Gasteiger partial charge < -0.3 is 9.47 Å². The summed E-state index contributed by atoms with van der Waals surface area (Å²) in [4.78, 5) is 10.8. The molecule has 4 aliphatic rings. The molecule has 6 aromatic rings. The first-order valence-corrected chi connectivity index (χ1v) is 19.6. The predicted octanol–water partition coefficient (Wildman–Crippen LogP) is 12.0. The van der Waals surface area contributed by atoms with E-state index < -0.39 is 28.9 Å². The van der Waals surface area contributed by atoms with Crippen LogP contribution in [0.3, 0.4) is 0 Å². The molecule has 0 radical (unpaired) electrons. The van der Waals surface area contributed by atoms with E-state index in [2.05, 4.69) is 24.3 Å². The van der Waals surface area contributed by atoms with E-state index >= 15 is 0 Å². The van der Waals surface area contributed by atoms with Crippen LogP contribution in [0.5, 0.6) is 0 Å². The van der Waals surface area contributed by atoms with Gasteiger partial charge in [-0.3, -0.25) is 0 Å². The van der Waals surface area contributed by atoms with Crippen LogP contribution in [0.4, 0.5) is 26.3 Å². The van der Waals surface area contributed by atoms with Crippen molar-refractivity contribution in [3.63, 3.8) is 0 Å². The highest BCUT2D eigenvalue weighted by molar-refractivity contribution is 6.07. The largest absolute Gasteiger partial charge is 0.474 e. The molecule has 2 heterocycles. The Bertz CT molecular complexity index is 2410. The van der Waals surface area contributed by atoms with Gasteiger partial charge in [0.25, 0.3) is 0 Å². The number of aliphatic imine (C=N–C) groups is 2. The molecule has 0 spiro atoms. The summed E-state index contributed by atoms with van der Waals surface area (Å²) in [6, 6.07) is 41.9. The summed E-state index contributed by atoms with van der Waals surface area (Å²) in [5.74, 6) is 1.07. The molecule has 0 aromatic heterocycles. The molecule has 0 amide bonds. The molecule has 296 valence electrons. The Labute approximate surface area is 336 Å². The summed E-state index contributed by atoms with van der Waals surface area (Å²) in [6.07, 6.45) is -7.06. The molecule has 2 aliphatic carbocycles. The molecule has 10 rings (SSSR count). The third kappa shape index (κ3) is 6.78. The molecule has 59 heavy (non-hydrogen) atoms. The number of benzene rings is 6. The SMILES string of the molecule is FC(F)(F)c1ccc(-c2ccc(CC(Cc3ccc(-c4ccc(C(F)(F)F)cc4)cc3)(C3=N[C@H]4c5ccccc5C[C@H]4O3)C3=N[C@H]4c5ccccc5C[C@H]4O3)cc2)cc1. The molecule has 4 nitrogen and oxygen atoms in total. The summed E-state index contributed by atoms with van der Waals surface area (Å²) in [7, 11) is 0. The van der Waals surface area contributed by atoms with Gasteiger partial charge in [-0.2, -0.15) is 26.3 Å². The predicted molar refractivity (Wildman–Crippen MR) is 214 cm³/mol. The van der Waals surface area contributed by atoms with E-state index in [0.717, 1.165) is 57.6 Å². The number of ether oxygens (including phenoxy) is 2. The van der Waals surface area contributed by atoms with Gasteiger partial charge in [-0.15, -0.1) is 0 Å². The van der Waals surface area contributed by atoms with E-state index in [1.807, 2.05) is 72.8 Å². The number of hydrogen-bond donors (Lipinski definition) is 0. The topological polar surface area (TPSA) is 43.2 Å². The monoisotopic (exact) mass is 798 g/mol. The van der Waals surface area contributed by atoms with Gasteiger partial charge in [-0.1, -0.05) is 121 Å². The summed E-state index contributed by atoms with van der Waals surface area (Å²) < 4.78 is 93.8. The van der Waals surface area contributed by atoms with Crippen molar-refractivity contribution in [3.8, 4) is 22.3 Å². The van der Waals surface area contributed by atoms with Crippen LogP contribution in [0.15, 0.2) is 156 Å². The first kappa shape index (κ1) is 37.1. The van der Waals surface area contributed by atoms with Gasteiger partial charge in [0.05, 0.1) is 11.1 Å². The van der Waals surface area contributed by atoms with E-state index in [0.29, 0.717) is 48.6 Å². The minimum absolute atomic E-state index is 0.201. The lowest BCUT2D eigenvalue weighted by Crippen LogP contribution is -2.45. The fraction of sp³-hybridized carbons (Fsp3) is 0.224. The summed E-state index contributed by atoms with van der Waals surface area (Å²) >= 11 is 0. The highest BCUT2D eigenvalue weighted by Gasteiger charge is 2.55. The maximum absolute atomic E-state index is 13.3. The van der Waals surface area contributed by atoms with Gasteiger partial charge in [0.2, 0.25) is 11.8 Å². The minimum atomic E-state index is -4.43. The maximum atomic E-state index is 13.3. The fourth-order valence-corrected chi connectivity index (χ4v) is 9.15. The van der Waals surface area contributed by atoms with Crippen molar-refractivity contribution in [1.82, 2.24) is 0 Å². The first-order valence-electron chi connectivity index (χ1n) is 19.6. The van der Waals surface area contributed by atoms with Crippen LogP contribution >= 0.6 is 0 Å². The number of rotatable bonds is 8. The Kier molecular flexibility index (Phi) is 8.81. The maximum Gasteiger partial charge on any atom is 0.416 e. The van der Waals surface area contributed by atoms with E-state index in [1.54, 1.807) is 0 Å². The van der Waals surface area contributed by atoms with Gasteiger partial charge in [-0.25, -0.2) is 9.98 Å². The van der Waals surface area contributed by atoms with Gasteiger partial charge in [0.15, 0.2) is 0 Å². The van der Waals surface area contributed by atoms with Crippen LogP contribution in [0, 0.1) is 5.41 Å². The van der Waals surface area contributed by atoms with Crippen molar-refractivity contribution in [3.05, 3.63) is 190 Å². The van der Waals surface area contributed by atoms with Gasteiger partial charge in [0.1, 0.15) is 29.7 Å². The van der Waals surface area contributed by atoms with Crippen LogP contribution in [-0.4, -0.2) is 24.0 Å². The minimum Gasteiger partial charge on any atom is -0.474 e. The smallest absolute Gasteiger partial charge is 0.416 e. The highest BCUT2D eigenvalue weighted by atomic mass is 19.4. The van der Waals surface area contributed by atoms with Crippen LogP contribution < -0.4 is 0 Å². The molecule has 0 N–H and O–H groups in total. The van der Waals surface area contributed by atoms with Crippen LogP contribution in [-0.2, 0) is 47.5 Å². The van der Waals surface area contributed by atoms with E-state index in [-0.39, 0.29) is 24.3 Å². The number of halogens is 6. The number of nitrogens with zero attached hydrogens (tertiary/aromatic N) is 2. The molecular formula is C49H36F6N2O2. The van der Waals surface area contributed by atoms with E-state index in [1.165, 1.54) is 35.4 Å². The standard InChI is InChI=1S/C49H36F6N2O2/c50-48(51,52)37-21-17-33(18-22-37)31-13-9-29(10-14-31)27-47(45-56-43-39-7-3-1-5-35(39)25-41(43)58-45,46-57-44-40-8-4-2-6-36(40)26-42(44)59-46)28-30-11-15-32(16-12-30)34-19-23-38(24-20-34)49(53,54)55/h1-24,41-44H,25-28H2/t41-,42-,43+,44+/m1/s1. The third-order valence-corrected chi connectivity index (χ3v) is 12.2. The third-order valence-electron chi connectivity index (χ3n) is 12.2. The second kappa shape index (κ2) is 14.0. The average molecular weight is 799 g/mol. The highest BCUT2D eigenvalue weighted by Crippen LogP contribution is 2.49. The van der Waals surface area contributed by atoms with Crippen LogP contribution in [0.25, 0.3) is 22.3 Å². The Hall–Kier alpha value is -6.16. The van der Waals surface area contributed by atoms with Crippen molar-refractivity contribution in [2.24, 2.45) is 15.4 Å². The van der Waals surface area contributed by atoms with Crippen molar-refractivity contribution in [2.75, 3.05) is 0 Å². The fourth-order valence-electron chi connectivity index (χ4n) is 9.15. The van der Waals surface area contributed by atoms with E-state index in [9.17, 15) is 26.3 Å².